The molecular formula is C21H28O2. The van der Waals surface area contributed by atoms with E-state index in [0.717, 1.165) is 24.2 Å². The van der Waals surface area contributed by atoms with E-state index in [1.165, 1.54) is 36.8 Å². The number of ether oxygens (including phenoxy) is 1. The molecule has 2 heteroatoms. The zero-order chi connectivity index (χ0) is 16.5. The summed E-state index contributed by atoms with van der Waals surface area (Å²) < 4.78 is 6.06. The Bertz CT molecular complexity index is 605. The fourth-order valence-corrected chi connectivity index (χ4v) is 2.77. The summed E-state index contributed by atoms with van der Waals surface area (Å²) in [6, 6.07) is 13.7. The van der Waals surface area contributed by atoms with Crippen molar-refractivity contribution in [2.24, 2.45) is 0 Å². The average Bonchev–Trinajstić information content (AvgIpc) is 2.58. The van der Waals surface area contributed by atoms with Crippen molar-refractivity contribution in [3.8, 4) is 11.5 Å². The van der Waals surface area contributed by atoms with Crippen molar-refractivity contribution < 1.29 is 9.84 Å². The SMILES string of the molecule is CCCCc1cccc(OCc2ccccc2O)c1CCCC. The van der Waals surface area contributed by atoms with Gasteiger partial charge in [0, 0.05) is 5.56 Å². The van der Waals surface area contributed by atoms with Gasteiger partial charge in [0.2, 0.25) is 0 Å². The van der Waals surface area contributed by atoms with Gasteiger partial charge in [-0.15, -0.1) is 0 Å². The molecule has 0 fully saturated rings. The molecule has 124 valence electrons. The van der Waals surface area contributed by atoms with Crippen LogP contribution in [0.2, 0.25) is 0 Å². The molecule has 0 unspecified atom stereocenters. The van der Waals surface area contributed by atoms with E-state index in [0.29, 0.717) is 12.4 Å². The maximum Gasteiger partial charge on any atom is 0.123 e. The van der Waals surface area contributed by atoms with E-state index in [1.54, 1.807) is 6.07 Å². The normalized spacial score (nSPS) is 10.7. The quantitative estimate of drug-likeness (QED) is 0.647. The number of phenolic OH excluding ortho intramolecular Hbond substituents is 1. The Morgan fingerprint density at radius 3 is 2.26 bits per heavy atom. The van der Waals surface area contributed by atoms with E-state index in [1.807, 2.05) is 18.2 Å². The number of unbranched alkanes of at least 4 members (excludes halogenated alkanes) is 2. The zero-order valence-corrected chi connectivity index (χ0v) is 14.3. The molecule has 0 aliphatic rings. The molecule has 0 saturated heterocycles. The molecule has 0 aromatic heterocycles. The summed E-state index contributed by atoms with van der Waals surface area (Å²) in [5, 5.41) is 9.89. The molecule has 2 aromatic rings. The van der Waals surface area contributed by atoms with Crippen LogP contribution in [-0.2, 0) is 19.4 Å². The lowest BCUT2D eigenvalue weighted by molar-refractivity contribution is 0.295. The van der Waals surface area contributed by atoms with Crippen molar-refractivity contribution in [3.05, 3.63) is 59.2 Å². The first-order valence-electron chi connectivity index (χ1n) is 8.76. The highest BCUT2D eigenvalue weighted by molar-refractivity contribution is 5.41. The molecule has 0 heterocycles. The zero-order valence-electron chi connectivity index (χ0n) is 14.3. The van der Waals surface area contributed by atoms with Crippen LogP contribution < -0.4 is 4.74 Å². The van der Waals surface area contributed by atoms with Crippen molar-refractivity contribution in [1.29, 1.82) is 0 Å². The highest BCUT2D eigenvalue weighted by atomic mass is 16.5. The van der Waals surface area contributed by atoms with E-state index in [-0.39, 0.29) is 0 Å². The molecule has 2 aromatic carbocycles. The van der Waals surface area contributed by atoms with Crippen molar-refractivity contribution in [3.63, 3.8) is 0 Å². The van der Waals surface area contributed by atoms with Crippen molar-refractivity contribution in [2.45, 2.75) is 59.0 Å². The summed E-state index contributed by atoms with van der Waals surface area (Å²) in [4.78, 5) is 0. The second-order valence-electron chi connectivity index (χ2n) is 6.02. The van der Waals surface area contributed by atoms with Crippen LogP contribution in [0.15, 0.2) is 42.5 Å². The first-order valence-corrected chi connectivity index (χ1v) is 8.76. The lowest BCUT2D eigenvalue weighted by atomic mass is 9.97. The lowest BCUT2D eigenvalue weighted by Crippen LogP contribution is -2.02. The van der Waals surface area contributed by atoms with Crippen LogP contribution in [0.3, 0.4) is 0 Å². The van der Waals surface area contributed by atoms with Crippen molar-refractivity contribution in [2.75, 3.05) is 0 Å². The minimum atomic E-state index is 0.296. The van der Waals surface area contributed by atoms with Gasteiger partial charge in [-0.3, -0.25) is 0 Å². The van der Waals surface area contributed by atoms with Gasteiger partial charge in [0.25, 0.3) is 0 Å². The molecule has 0 aliphatic heterocycles. The third-order valence-corrected chi connectivity index (χ3v) is 4.18. The van der Waals surface area contributed by atoms with Gasteiger partial charge in [-0.2, -0.15) is 0 Å². The van der Waals surface area contributed by atoms with Gasteiger partial charge in [0.05, 0.1) is 0 Å². The number of para-hydroxylation sites is 1. The van der Waals surface area contributed by atoms with E-state index in [2.05, 4.69) is 32.0 Å². The van der Waals surface area contributed by atoms with Crippen LogP contribution in [0.5, 0.6) is 11.5 Å². The molecule has 2 rings (SSSR count). The molecule has 2 nitrogen and oxygen atoms in total. The predicted octanol–water partition coefficient (Wildman–Crippen LogP) is 5.66. The topological polar surface area (TPSA) is 29.5 Å². The number of rotatable bonds is 9. The largest absolute Gasteiger partial charge is 0.508 e. The Labute approximate surface area is 140 Å². The molecule has 23 heavy (non-hydrogen) atoms. The summed E-state index contributed by atoms with van der Waals surface area (Å²) in [6.45, 7) is 4.85. The van der Waals surface area contributed by atoms with Gasteiger partial charge < -0.3 is 9.84 Å². The molecule has 0 amide bonds. The number of hydrogen-bond donors (Lipinski definition) is 1. The number of hydrogen-bond acceptors (Lipinski definition) is 2. The number of benzene rings is 2. The molecule has 0 atom stereocenters. The van der Waals surface area contributed by atoms with Gasteiger partial charge >= 0.3 is 0 Å². The Morgan fingerprint density at radius 2 is 1.52 bits per heavy atom. The van der Waals surface area contributed by atoms with Crippen LogP contribution >= 0.6 is 0 Å². The second-order valence-corrected chi connectivity index (χ2v) is 6.02. The fraction of sp³-hybridized carbons (Fsp3) is 0.429. The van der Waals surface area contributed by atoms with Crippen LogP contribution in [0.25, 0.3) is 0 Å². The monoisotopic (exact) mass is 312 g/mol. The van der Waals surface area contributed by atoms with Crippen molar-refractivity contribution in [1.82, 2.24) is 0 Å². The smallest absolute Gasteiger partial charge is 0.123 e. The summed E-state index contributed by atoms with van der Waals surface area (Å²) in [5.41, 5.74) is 3.58. The summed E-state index contributed by atoms with van der Waals surface area (Å²) in [7, 11) is 0. The average molecular weight is 312 g/mol. The maximum absolute atomic E-state index is 9.89. The third kappa shape index (κ3) is 5.02. The predicted molar refractivity (Wildman–Crippen MR) is 96.1 cm³/mol. The number of aromatic hydroxyl groups is 1. The summed E-state index contributed by atoms with van der Waals surface area (Å²) in [6.07, 6.45) is 6.95. The van der Waals surface area contributed by atoms with Crippen LogP contribution in [0, 0.1) is 0 Å². The molecule has 1 N–H and O–H groups in total. The minimum absolute atomic E-state index is 0.296. The summed E-state index contributed by atoms with van der Waals surface area (Å²) in [5.74, 6) is 1.26. The van der Waals surface area contributed by atoms with Gasteiger partial charge in [0.15, 0.2) is 0 Å². The Kier molecular flexibility index (Phi) is 6.99. The Morgan fingerprint density at radius 1 is 0.826 bits per heavy atom. The van der Waals surface area contributed by atoms with E-state index < -0.39 is 0 Å². The minimum Gasteiger partial charge on any atom is -0.508 e. The highest BCUT2D eigenvalue weighted by Gasteiger charge is 2.10. The van der Waals surface area contributed by atoms with E-state index in [4.69, 9.17) is 4.74 Å². The molecular weight excluding hydrogens is 284 g/mol. The van der Waals surface area contributed by atoms with E-state index in [9.17, 15) is 5.11 Å². The molecule has 0 radical (unpaired) electrons. The van der Waals surface area contributed by atoms with Gasteiger partial charge in [-0.25, -0.2) is 0 Å². The molecule has 0 saturated carbocycles. The van der Waals surface area contributed by atoms with Crippen LogP contribution in [0.4, 0.5) is 0 Å². The third-order valence-electron chi connectivity index (χ3n) is 4.18. The maximum atomic E-state index is 9.89. The Hall–Kier alpha value is -1.96. The molecule has 0 spiro atoms. The first-order chi connectivity index (χ1) is 11.3. The number of aryl methyl sites for hydroxylation is 1. The first kappa shape index (κ1) is 17.4. The summed E-state index contributed by atoms with van der Waals surface area (Å²) >= 11 is 0. The number of phenols is 1. The van der Waals surface area contributed by atoms with Gasteiger partial charge in [-0.05, 0) is 48.9 Å². The van der Waals surface area contributed by atoms with Crippen LogP contribution in [-0.4, -0.2) is 5.11 Å². The highest BCUT2D eigenvalue weighted by Crippen LogP contribution is 2.28. The lowest BCUT2D eigenvalue weighted by Gasteiger charge is -2.16. The van der Waals surface area contributed by atoms with E-state index >= 15 is 0 Å². The van der Waals surface area contributed by atoms with Gasteiger partial charge in [0.1, 0.15) is 18.1 Å². The second kappa shape index (κ2) is 9.24. The molecule has 0 bridgehead atoms. The molecule has 0 aliphatic carbocycles. The fourth-order valence-electron chi connectivity index (χ4n) is 2.77. The Balaban J connectivity index is 2.17. The standard InChI is InChI=1S/C21H28O2/c1-3-5-10-17-12-9-15-21(19(17)13-6-4-2)23-16-18-11-7-8-14-20(18)22/h7-9,11-12,14-15,22H,3-6,10,13,16H2,1-2H3. The van der Waals surface area contributed by atoms with Crippen molar-refractivity contribution >= 4 is 0 Å². The van der Waals surface area contributed by atoms with Gasteiger partial charge in [-0.1, -0.05) is 57.0 Å². The van der Waals surface area contributed by atoms with Crippen LogP contribution in [0.1, 0.15) is 56.2 Å².